The molecule has 1 heterocycles. The molecule has 0 atom stereocenters. The lowest BCUT2D eigenvalue weighted by Gasteiger charge is -2.27. The fourth-order valence-corrected chi connectivity index (χ4v) is 4.42. The molecule has 0 aliphatic carbocycles. The molecule has 1 aromatic heterocycles. The fourth-order valence-electron chi connectivity index (χ4n) is 3.45. The van der Waals surface area contributed by atoms with Gasteiger partial charge in [-0.3, -0.25) is 10.4 Å². The Balaban J connectivity index is 2.07. The number of hydrogen-bond acceptors (Lipinski definition) is 11. The Bertz CT molecular complexity index is 1030. The normalized spacial score (nSPS) is 10.6. The van der Waals surface area contributed by atoms with Gasteiger partial charge in [-0.05, 0) is 43.2 Å². The van der Waals surface area contributed by atoms with Gasteiger partial charge in [0.25, 0.3) is 0 Å². The van der Waals surface area contributed by atoms with Crippen LogP contribution in [0.5, 0.6) is 0 Å². The van der Waals surface area contributed by atoms with E-state index in [9.17, 15) is 10.5 Å². The van der Waals surface area contributed by atoms with E-state index in [-0.39, 0.29) is 13.2 Å². The minimum Gasteiger partial charge on any atom is -0.394 e. The Hall–Kier alpha value is -2.90. The van der Waals surface area contributed by atoms with Crippen molar-refractivity contribution in [3.8, 4) is 12.1 Å². The first-order valence-corrected chi connectivity index (χ1v) is 12.5. The molecule has 1 aromatic carbocycles. The summed E-state index contributed by atoms with van der Waals surface area (Å²) in [5.41, 5.74) is 7.41. The second kappa shape index (κ2) is 16.0. The lowest BCUT2D eigenvalue weighted by molar-refractivity contribution is 0.0347. The quantitative estimate of drug-likeness (QED) is 0.212. The molecule has 0 amide bonds. The van der Waals surface area contributed by atoms with Gasteiger partial charge in [-0.2, -0.15) is 10.5 Å². The van der Waals surface area contributed by atoms with Crippen LogP contribution in [0.1, 0.15) is 21.6 Å². The summed E-state index contributed by atoms with van der Waals surface area (Å²) in [5.74, 6) is 0. The second-order valence-electron chi connectivity index (χ2n) is 7.90. The van der Waals surface area contributed by atoms with Crippen LogP contribution in [-0.4, -0.2) is 83.2 Å². The van der Waals surface area contributed by atoms with Gasteiger partial charge >= 0.3 is 0 Å². The summed E-state index contributed by atoms with van der Waals surface area (Å²) in [5, 5.41) is 39.1. The van der Waals surface area contributed by atoms with Crippen molar-refractivity contribution in [1.29, 1.82) is 10.5 Å². The maximum absolute atomic E-state index is 9.56. The zero-order valence-electron chi connectivity index (χ0n) is 21.1. The molecule has 3 N–H and O–H groups in total. The summed E-state index contributed by atoms with van der Waals surface area (Å²) in [6.07, 6.45) is 0. The SMILES string of the molecule is Cc1cc(N(CCOCCO)CCOCCOCCO)ccc1NN(C)c1sc(C#N)c(C)c1C#N. The molecule has 0 spiro atoms. The number of nitrogens with one attached hydrogen (secondary N) is 1. The summed E-state index contributed by atoms with van der Waals surface area (Å²) < 4.78 is 16.3. The van der Waals surface area contributed by atoms with Gasteiger partial charge in [0.2, 0.25) is 0 Å². The monoisotopic (exact) mass is 517 g/mol. The van der Waals surface area contributed by atoms with E-state index in [1.54, 1.807) is 11.9 Å². The molecule has 10 nitrogen and oxygen atoms in total. The van der Waals surface area contributed by atoms with Crippen molar-refractivity contribution in [3.63, 3.8) is 0 Å². The third kappa shape index (κ3) is 8.64. The molecule has 0 saturated heterocycles. The van der Waals surface area contributed by atoms with Crippen LogP contribution in [0.15, 0.2) is 18.2 Å². The molecule has 0 bridgehead atoms. The first-order valence-electron chi connectivity index (χ1n) is 11.7. The van der Waals surface area contributed by atoms with Crippen LogP contribution in [0.2, 0.25) is 0 Å². The molecule has 2 rings (SSSR count). The van der Waals surface area contributed by atoms with E-state index >= 15 is 0 Å². The van der Waals surface area contributed by atoms with Gasteiger partial charge in [0.1, 0.15) is 22.0 Å². The lowest BCUT2D eigenvalue weighted by atomic mass is 10.1. The van der Waals surface area contributed by atoms with Gasteiger partial charge in [-0.25, -0.2) is 0 Å². The average Bonchev–Trinajstić information content (AvgIpc) is 3.21. The minimum atomic E-state index is -0.0168. The number of thiophene rings is 1. The maximum atomic E-state index is 9.56. The number of hydrogen-bond donors (Lipinski definition) is 3. The Labute approximate surface area is 216 Å². The van der Waals surface area contributed by atoms with E-state index in [0.717, 1.165) is 16.9 Å². The number of benzene rings is 1. The molecule has 0 fully saturated rings. The molecule has 11 heteroatoms. The number of rotatable bonds is 17. The molecule has 36 heavy (non-hydrogen) atoms. The molecular weight excluding hydrogens is 482 g/mol. The van der Waals surface area contributed by atoms with E-state index in [4.69, 9.17) is 24.4 Å². The van der Waals surface area contributed by atoms with Gasteiger partial charge in [0, 0.05) is 25.8 Å². The predicted octanol–water partition coefficient (Wildman–Crippen LogP) is 2.41. The van der Waals surface area contributed by atoms with Gasteiger partial charge in [-0.15, -0.1) is 11.3 Å². The van der Waals surface area contributed by atoms with Gasteiger partial charge < -0.3 is 29.3 Å². The number of ether oxygens (including phenoxy) is 3. The smallest absolute Gasteiger partial charge is 0.129 e. The Morgan fingerprint density at radius 3 is 2.08 bits per heavy atom. The van der Waals surface area contributed by atoms with E-state index in [2.05, 4.69) is 28.5 Å². The highest BCUT2D eigenvalue weighted by molar-refractivity contribution is 7.17. The molecule has 0 saturated carbocycles. The van der Waals surface area contributed by atoms with E-state index in [0.29, 0.717) is 73.7 Å². The zero-order valence-corrected chi connectivity index (χ0v) is 21.9. The number of hydrazine groups is 1. The molecule has 0 unspecified atom stereocenters. The summed E-state index contributed by atoms with van der Waals surface area (Å²) in [7, 11) is 1.83. The summed E-state index contributed by atoms with van der Waals surface area (Å²) in [4.78, 5) is 2.69. The molecular formula is C25H35N5O5S. The van der Waals surface area contributed by atoms with Crippen LogP contribution in [-0.2, 0) is 14.2 Å². The van der Waals surface area contributed by atoms with Crippen molar-refractivity contribution in [3.05, 3.63) is 39.8 Å². The minimum absolute atomic E-state index is 0.00499. The first kappa shape index (κ1) is 29.3. The van der Waals surface area contributed by atoms with Crippen LogP contribution in [0, 0.1) is 36.5 Å². The predicted molar refractivity (Wildman–Crippen MR) is 141 cm³/mol. The number of aliphatic hydroxyl groups is 2. The van der Waals surface area contributed by atoms with Crippen molar-refractivity contribution in [2.45, 2.75) is 13.8 Å². The van der Waals surface area contributed by atoms with E-state index in [1.165, 1.54) is 11.3 Å². The van der Waals surface area contributed by atoms with Gasteiger partial charge in [0.05, 0.1) is 64.1 Å². The van der Waals surface area contributed by atoms with E-state index in [1.807, 2.05) is 26.1 Å². The van der Waals surface area contributed by atoms with Crippen molar-refractivity contribution in [1.82, 2.24) is 0 Å². The van der Waals surface area contributed by atoms with Crippen LogP contribution in [0.4, 0.5) is 16.4 Å². The lowest BCUT2D eigenvalue weighted by Crippen LogP contribution is -2.32. The summed E-state index contributed by atoms with van der Waals surface area (Å²) in [6.45, 7) is 7.49. The second-order valence-corrected chi connectivity index (χ2v) is 8.90. The molecule has 0 aliphatic heterocycles. The molecule has 0 aliphatic rings. The van der Waals surface area contributed by atoms with Crippen LogP contribution >= 0.6 is 11.3 Å². The molecule has 0 radical (unpaired) electrons. The Kier molecular flexibility index (Phi) is 13.0. The third-order valence-electron chi connectivity index (χ3n) is 5.36. The topological polar surface area (TPSA) is 134 Å². The third-order valence-corrected chi connectivity index (χ3v) is 6.64. The summed E-state index contributed by atoms with van der Waals surface area (Å²) in [6, 6.07) is 10.4. The highest BCUT2D eigenvalue weighted by Crippen LogP contribution is 2.35. The highest BCUT2D eigenvalue weighted by Gasteiger charge is 2.18. The van der Waals surface area contributed by atoms with E-state index < -0.39 is 0 Å². The number of anilines is 3. The number of nitriles is 2. The maximum Gasteiger partial charge on any atom is 0.129 e. The zero-order chi connectivity index (χ0) is 26.3. The number of nitrogens with zero attached hydrogens (tertiary/aromatic N) is 4. The highest BCUT2D eigenvalue weighted by atomic mass is 32.1. The van der Waals surface area contributed by atoms with Gasteiger partial charge in [-0.1, -0.05) is 0 Å². The summed E-state index contributed by atoms with van der Waals surface area (Å²) >= 11 is 1.29. The Morgan fingerprint density at radius 1 is 0.917 bits per heavy atom. The largest absolute Gasteiger partial charge is 0.394 e. The van der Waals surface area contributed by atoms with Crippen LogP contribution < -0.4 is 15.3 Å². The van der Waals surface area contributed by atoms with Crippen molar-refractivity contribution in [2.24, 2.45) is 0 Å². The Morgan fingerprint density at radius 2 is 1.53 bits per heavy atom. The first-order chi connectivity index (χ1) is 17.5. The van der Waals surface area contributed by atoms with Crippen LogP contribution in [0.3, 0.4) is 0 Å². The standard InChI is InChI=1S/C25H35N5O5S/c1-19-16-21(30(6-10-33-12-8-31)7-11-34-14-15-35-13-9-32)4-5-23(19)28-29(3)25-22(17-26)20(2)24(18-27)36-25/h4-5,16,28,31-32H,6-15H2,1-3H3. The van der Waals surface area contributed by atoms with Gasteiger partial charge in [0.15, 0.2) is 0 Å². The number of aliphatic hydroxyl groups excluding tert-OH is 2. The fraction of sp³-hybridized carbons (Fsp3) is 0.520. The molecule has 2 aromatic rings. The van der Waals surface area contributed by atoms with Crippen molar-refractivity contribution >= 4 is 27.7 Å². The van der Waals surface area contributed by atoms with Crippen LogP contribution in [0.25, 0.3) is 0 Å². The van der Waals surface area contributed by atoms with Crippen molar-refractivity contribution < 1.29 is 24.4 Å². The van der Waals surface area contributed by atoms with Crippen molar-refractivity contribution in [2.75, 3.05) is 88.3 Å². The number of aryl methyl sites for hydroxylation is 1. The average molecular weight is 518 g/mol. The molecule has 196 valence electrons.